The molecule has 21 heavy (non-hydrogen) atoms. The molecule has 0 spiro atoms. The van der Waals surface area contributed by atoms with Crippen molar-refractivity contribution in [1.29, 1.82) is 0 Å². The minimum Gasteiger partial charge on any atom is -0.339 e. The van der Waals surface area contributed by atoms with Crippen molar-refractivity contribution in [2.75, 3.05) is 25.0 Å². The minimum absolute atomic E-state index is 0.00413. The van der Waals surface area contributed by atoms with Crippen LogP contribution in [-0.4, -0.2) is 40.6 Å². The first kappa shape index (κ1) is 13.8. The Bertz CT molecular complexity index is 647. The van der Waals surface area contributed by atoms with E-state index in [0.717, 1.165) is 24.3 Å². The maximum atomic E-state index is 12.0. The van der Waals surface area contributed by atoms with Gasteiger partial charge in [0.2, 0.25) is 11.8 Å². The average Bonchev–Trinajstić information content (AvgIpc) is 2.82. The van der Waals surface area contributed by atoms with E-state index in [0.29, 0.717) is 18.3 Å². The summed E-state index contributed by atoms with van der Waals surface area (Å²) < 4.78 is 5.14. The van der Waals surface area contributed by atoms with Gasteiger partial charge in [-0.1, -0.05) is 23.4 Å². The van der Waals surface area contributed by atoms with Crippen molar-refractivity contribution in [3.63, 3.8) is 0 Å². The molecule has 1 aromatic heterocycles. The van der Waals surface area contributed by atoms with E-state index >= 15 is 0 Å². The monoisotopic (exact) mass is 286 g/mol. The molecule has 0 unspecified atom stereocenters. The maximum absolute atomic E-state index is 12.0. The topological polar surface area (TPSA) is 71.3 Å². The number of hydrogen-bond donors (Lipinski definition) is 1. The summed E-state index contributed by atoms with van der Waals surface area (Å²) in [4.78, 5) is 18.3. The molecular formula is C15H18N4O2. The molecule has 2 heterocycles. The Labute approximate surface area is 123 Å². The van der Waals surface area contributed by atoms with Crippen molar-refractivity contribution in [2.45, 2.75) is 19.8 Å². The molecule has 110 valence electrons. The molecule has 3 rings (SSSR count). The van der Waals surface area contributed by atoms with Crippen molar-refractivity contribution in [1.82, 2.24) is 15.0 Å². The van der Waals surface area contributed by atoms with Crippen LogP contribution in [0.4, 0.5) is 5.69 Å². The average molecular weight is 286 g/mol. The van der Waals surface area contributed by atoms with Crippen LogP contribution in [-0.2, 0) is 4.79 Å². The van der Waals surface area contributed by atoms with Crippen LogP contribution in [0.1, 0.15) is 23.2 Å². The summed E-state index contributed by atoms with van der Waals surface area (Å²) in [7, 11) is 0. The van der Waals surface area contributed by atoms with Crippen LogP contribution in [0.25, 0.3) is 0 Å². The fourth-order valence-corrected chi connectivity index (χ4v) is 2.44. The van der Waals surface area contributed by atoms with Crippen LogP contribution in [0.3, 0.4) is 0 Å². The van der Waals surface area contributed by atoms with Gasteiger partial charge in [0.15, 0.2) is 5.82 Å². The highest BCUT2D eigenvalue weighted by atomic mass is 16.5. The predicted molar refractivity (Wildman–Crippen MR) is 78.0 cm³/mol. The van der Waals surface area contributed by atoms with Crippen molar-refractivity contribution < 1.29 is 9.32 Å². The highest BCUT2D eigenvalue weighted by Gasteiger charge is 2.33. The molecule has 1 aliphatic rings. The molecule has 1 amide bonds. The first-order chi connectivity index (χ1) is 10.1. The van der Waals surface area contributed by atoms with Crippen LogP contribution in [0.5, 0.6) is 0 Å². The normalized spacial score (nSPS) is 15.7. The van der Waals surface area contributed by atoms with E-state index in [1.165, 1.54) is 0 Å². The number of amides is 1. The fraction of sp³-hybridized carbons (Fsp3) is 0.400. The second-order valence-electron chi connectivity index (χ2n) is 5.43. The van der Waals surface area contributed by atoms with Gasteiger partial charge in [-0.25, -0.2) is 0 Å². The van der Waals surface area contributed by atoms with Crippen molar-refractivity contribution in [2.24, 2.45) is 0 Å². The molecule has 6 heteroatoms. The molecule has 0 saturated carbocycles. The van der Waals surface area contributed by atoms with E-state index in [1.807, 2.05) is 31.2 Å². The Balaban J connectivity index is 1.48. The van der Waals surface area contributed by atoms with Gasteiger partial charge in [0.05, 0.1) is 12.5 Å². The van der Waals surface area contributed by atoms with Crippen molar-refractivity contribution >= 4 is 11.6 Å². The van der Waals surface area contributed by atoms with Gasteiger partial charge in [-0.15, -0.1) is 0 Å². The highest BCUT2D eigenvalue weighted by molar-refractivity contribution is 5.93. The van der Waals surface area contributed by atoms with Crippen LogP contribution in [0.15, 0.2) is 28.8 Å². The largest absolute Gasteiger partial charge is 0.339 e. The minimum atomic E-state index is 0.00413. The van der Waals surface area contributed by atoms with Crippen molar-refractivity contribution in [3.8, 4) is 0 Å². The van der Waals surface area contributed by atoms with Gasteiger partial charge in [-0.3, -0.25) is 9.69 Å². The number of para-hydroxylation sites is 1. The lowest BCUT2D eigenvalue weighted by atomic mass is 10.0. The summed E-state index contributed by atoms with van der Waals surface area (Å²) in [5.41, 5.74) is 1.93. The third kappa shape index (κ3) is 3.11. The second-order valence-corrected chi connectivity index (χ2v) is 5.43. The lowest BCUT2D eigenvalue weighted by Gasteiger charge is -2.36. The van der Waals surface area contributed by atoms with E-state index in [-0.39, 0.29) is 11.8 Å². The summed E-state index contributed by atoms with van der Waals surface area (Å²) in [6.45, 7) is 5.73. The van der Waals surface area contributed by atoms with Crippen molar-refractivity contribution in [3.05, 3.63) is 41.5 Å². The first-order valence-corrected chi connectivity index (χ1v) is 7.00. The highest BCUT2D eigenvalue weighted by Crippen LogP contribution is 2.25. The van der Waals surface area contributed by atoms with Gasteiger partial charge in [0.1, 0.15) is 0 Å². The van der Waals surface area contributed by atoms with E-state index in [1.54, 1.807) is 6.92 Å². The standard InChI is InChI=1S/C15H18N4O2/c1-10-5-3-4-6-13(10)17-14(20)9-19-7-12(8-19)15-16-11(2)18-21-15/h3-6,12H,7-9H2,1-2H3,(H,17,20). The number of nitrogens with one attached hydrogen (secondary N) is 1. The molecule has 1 aromatic carbocycles. The number of aromatic nitrogens is 2. The molecule has 1 aliphatic heterocycles. The summed E-state index contributed by atoms with van der Waals surface area (Å²) >= 11 is 0. The molecule has 0 bridgehead atoms. The van der Waals surface area contributed by atoms with E-state index in [9.17, 15) is 4.79 Å². The lowest BCUT2D eigenvalue weighted by Crippen LogP contribution is -2.48. The molecule has 2 aromatic rings. The number of likely N-dealkylation sites (tertiary alicyclic amines) is 1. The molecular weight excluding hydrogens is 268 g/mol. The number of nitrogens with zero attached hydrogens (tertiary/aromatic N) is 3. The van der Waals surface area contributed by atoms with E-state index in [2.05, 4.69) is 20.4 Å². The number of rotatable bonds is 4. The third-order valence-electron chi connectivity index (χ3n) is 3.64. The predicted octanol–water partition coefficient (Wildman–Crippen LogP) is 1.72. The van der Waals surface area contributed by atoms with E-state index < -0.39 is 0 Å². The van der Waals surface area contributed by atoms with Crippen LogP contribution >= 0.6 is 0 Å². The van der Waals surface area contributed by atoms with Gasteiger partial charge in [0.25, 0.3) is 0 Å². The van der Waals surface area contributed by atoms with Gasteiger partial charge < -0.3 is 9.84 Å². The first-order valence-electron chi connectivity index (χ1n) is 7.00. The van der Waals surface area contributed by atoms with Gasteiger partial charge in [-0.05, 0) is 25.5 Å². The Morgan fingerprint density at radius 1 is 1.38 bits per heavy atom. The van der Waals surface area contributed by atoms with E-state index in [4.69, 9.17) is 4.52 Å². The number of aryl methyl sites for hydroxylation is 2. The molecule has 1 N–H and O–H groups in total. The number of carbonyl (C=O) groups is 1. The Kier molecular flexibility index (Phi) is 3.70. The molecule has 6 nitrogen and oxygen atoms in total. The summed E-state index contributed by atoms with van der Waals surface area (Å²) in [6.07, 6.45) is 0. The van der Waals surface area contributed by atoms with Gasteiger partial charge in [0, 0.05) is 18.8 Å². The van der Waals surface area contributed by atoms with Gasteiger partial charge >= 0.3 is 0 Å². The van der Waals surface area contributed by atoms with Crippen LogP contribution in [0, 0.1) is 13.8 Å². The number of anilines is 1. The maximum Gasteiger partial charge on any atom is 0.238 e. The number of hydrogen-bond acceptors (Lipinski definition) is 5. The fourth-order valence-electron chi connectivity index (χ4n) is 2.44. The Morgan fingerprint density at radius 3 is 2.81 bits per heavy atom. The smallest absolute Gasteiger partial charge is 0.238 e. The van der Waals surface area contributed by atoms with Crippen LogP contribution < -0.4 is 5.32 Å². The Hall–Kier alpha value is -2.21. The molecule has 1 saturated heterocycles. The molecule has 0 atom stereocenters. The molecule has 1 fully saturated rings. The lowest BCUT2D eigenvalue weighted by molar-refractivity contribution is -0.118. The zero-order valence-corrected chi connectivity index (χ0v) is 12.2. The zero-order chi connectivity index (χ0) is 14.8. The number of carbonyl (C=O) groups excluding carboxylic acids is 1. The SMILES string of the molecule is Cc1noc(C2CN(CC(=O)Nc3ccccc3C)C2)n1. The zero-order valence-electron chi connectivity index (χ0n) is 12.2. The Morgan fingerprint density at radius 2 is 2.14 bits per heavy atom. The molecule has 0 aliphatic carbocycles. The summed E-state index contributed by atoms with van der Waals surface area (Å²) in [5.74, 6) is 1.57. The second kappa shape index (κ2) is 5.65. The quantitative estimate of drug-likeness (QED) is 0.926. The summed E-state index contributed by atoms with van der Waals surface area (Å²) in [5, 5.41) is 6.72. The third-order valence-corrected chi connectivity index (χ3v) is 3.64. The number of benzene rings is 1. The van der Waals surface area contributed by atoms with Crippen LogP contribution in [0.2, 0.25) is 0 Å². The van der Waals surface area contributed by atoms with Gasteiger partial charge in [-0.2, -0.15) is 4.98 Å². The summed E-state index contributed by atoms with van der Waals surface area (Å²) in [6, 6.07) is 7.76. The molecule has 0 radical (unpaired) electrons.